The molecule has 2 saturated heterocycles. The lowest BCUT2D eigenvalue weighted by atomic mass is 9.88. The summed E-state index contributed by atoms with van der Waals surface area (Å²) in [6.45, 7) is 9.23. The Kier molecular flexibility index (Phi) is 8.11. The van der Waals surface area contributed by atoms with Crippen LogP contribution in [-0.2, 0) is 24.1 Å². The number of rotatable bonds is 7. The Labute approximate surface area is 243 Å². The highest BCUT2D eigenvalue weighted by Crippen LogP contribution is 2.37. The van der Waals surface area contributed by atoms with Crippen molar-refractivity contribution in [3.63, 3.8) is 0 Å². The fourth-order valence-corrected chi connectivity index (χ4v) is 7.18. The molecule has 2 aromatic rings. The maximum Gasteiger partial charge on any atom is 0.318 e. The van der Waals surface area contributed by atoms with Crippen molar-refractivity contribution in [3.05, 3.63) is 53.7 Å². The standard InChI is InChI=1S/C32H41N7O2/c1-3-30(40)39-18-17-37(21-26(39)12-14-33)31-27-11-10-25(38-15-6-8-24-7-4-5-9-29(24)38)19-28(27)34-32(35-31)41-22-23-13-16-36(2)20-23/h3-5,7,9,23,25-26H,1,6,8,10-13,15-22H2,2H3/t23-,25?,26+/m1/s1. The molecule has 4 heterocycles. The lowest BCUT2D eigenvalue weighted by molar-refractivity contribution is -0.128. The summed E-state index contributed by atoms with van der Waals surface area (Å²) in [7, 11) is 2.15. The summed E-state index contributed by atoms with van der Waals surface area (Å²) in [5, 5.41) is 9.51. The van der Waals surface area contributed by atoms with Gasteiger partial charge in [0.15, 0.2) is 0 Å². The van der Waals surface area contributed by atoms with E-state index in [-0.39, 0.29) is 18.4 Å². The Morgan fingerprint density at radius 1 is 1.15 bits per heavy atom. The molecule has 0 N–H and O–H groups in total. The molecule has 1 aliphatic carbocycles. The highest BCUT2D eigenvalue weighted by atomic mass is 16.5. The number of fused-ring (bicyclic) bond motifs is 2. The van der Waals surface area contributed by atoms with Crippen molar-refractivity contribution in [1.82, 2.24) is 19.8 Å². The predicted molar refractivity (Wildman–Crippen MR) is 159 cm³/mol. The van der Waals surface area contributed by atoms with Gasteiger partial charge in [0.05, 0.1) is 30.8 Å². The van der Waals surface area contributed by atoms with E-state index in [0.29, 0.717) is 44.2 Å². The molecular weight excluding hydrogens is 514 g/mol. The van der Waals surface area contributed by atoms with Crippen molar-refractivity contribution < 1.29 is 9.53 Å². The first-order valence-corrected chi connectivity index (χ1v) is 15.1. The maximum atomic E-state index is 12.5. The lowest BCUT2D eigenvalue weighted by Gasteiger charge is -2.43. The molecule has 2 fully saturated rings. The molecule has 0 bridgehead atoms. The molecule has 1 amide bonds. The Balaban J connectivity index is 1.29. The van der Waals surface area contributed by atoms with Gasteiger partial charge in [-0.1, -0.05) is 24.8 Å². The van der Waals surface area contributed by atoms with E-state index in [1.54, 1.807) is 4.90 Å². The van der Waals surface area contributed by atoms with Gasteiger partial charge in [0.25, 0.3) is 0 Å². The number of ether oxygens (including phenoxy) is 1. The lowest BCUT2D eigenvalue weighted by Crippen LogP contribution is -2.55. The minimum Gasteiger partial charge on any atom is -0.463 e. The van der Waals surface area contributed by atoms with Gasteiger partial charge >= 0.3 is 6.01 Å². The number of para-hydroxylation sites is 1. The van der Waals surface area contributed by atoms with Crippen molar-refractivity contribution in [2.24, 2.45) is 5.92 Å². The van der Waals surface area contributed by atoms with Crippen molar-refractivity contribution in [2.75, 3.05) is 62.7 Å². The number of nitrogens with zero attached hydrogens (tertiary/aromatic N) is 7. The fourth-order valence-electron chi connectivity index (χ4n) is 7.18. The third-order valence-corrected chi connectivity index (χ3v) is 9.30. The van der Waals surface area contributed by atoms with Gasteiger partial charge in [-0.25, -0.2) is 0 Å². The summed E-state index contributed by atoms with van der Waals surface area (Å²) in [6.07, 6.45) is 7.86. The number of hydrogen-bond acceptors (Lipinski definition) is 8. The molecule has 9 nitrogen and oxygen atoms in total. The molecule has 1 unspecified atom stereocenters. The van der Waals surface area contributed by atoms with Crippen molar-refractivity contribution in [3.8, 4) is 12.1 Å². The van der Waals surface area contributed by atoms with Crippen LogP contribution >= 0.6 is 0 Å². The average Bonchev–Trinajstić information content (AvgIpc) is 3.43. The Morgan fingerprint density at radius 3 is 2.83 bits per heavy atom. The summed E-state index contributed by atoms with van der Waals surface area (Å²) in [4.78, 5) is 31.5. The van der Waals surface area contributed by atoms with Crippen LogP contribution < -0.4 is 14.5 Å². The first kappa shape index (κ1) is 27.5. The number of nitriles is 1. The number of piperazine rings is 1. The minimum absolute atomic E-state index is 0.121. The molecule has 1 aromatic heterocycles. The number of carbonyl (C=O) groups excluding carboxylic acids is 1. The smallest absolute Gasteiger partial charge is 0.318 e. The summed E-state index contributed by atoms with van der Waals surface area (Å²) in [5.41, 5.74) is 5.08. The van der Waals surface area contributed by atoms with Crippen LogP contribution in [-0.4, -0.2) is 90.7 Å². The SMILES string of the molecule is C=CC(=O)N1CCN(c2nc(OC[C@@H]3CCN(C)C3)nc3c2CCC(N2CCCc4ccccc42)C3)C[C@@H]1CC#N. The van der Waals surface area contributed by atoms with E-state index in [1.165, 1.54) is 29.3 Å². The fraction of sp³-hybridized carbons (Fsp3) is 0.562. The molecule has 3 atom stereocenters. The van der Waals surface area contributed by atoms with E-state index < -0.39 is 0 Å². The summed E-state index contributed by atoms with van der Waals surface area (Å²) in [5.74, 6) is 1.28. The van der Waals surface area contributed by atoms with Gasteiger partial charge in [-0.05, 0) is 63.4 Å². The number of amides is 1. The van der Waals surface area contributed by atoms with Crippen LogP contribution in [0.3, 0.4) is 0 Å². The first-order valence-electron chi connectivity index (χ1n) is 15.1. The molecule has 6 rings (SSSR count). The van der Waals surface area contributed by atoms with Crippen LogP contribution in [0.5, 0.6) is 6.01 Å². The molecule has 0 radical (unpaired) electrons. The third-order valence-electron chi connectivity index (χ3n) is 9.30. The second-order valence-electron chi connectivity index (χ2n) is 12.0. The first-order chi connectivity index (χ1) is 20.0. The van der Waals surface area contributed by atoms with Crippen LogP contribution in [0.4, 0.5) is 11.5 Å². The van der Waals surface area contributed by atoms with E-state index in [9.17, 15) is 10.1 Å². The minimum atomic E-state index is -0.204. The maximum absolute atomic E-state index is 12.5. The summed E-state index contributed by atoms with van der Waals surface area (Å²) in [6, 6.07) is 11.7. The quantitative estimate of drug-likeness (QED) is 0.482. The van der Waals surface area contributed by atoms with E-state index >= 15 is 0 Å². The van der Waals surface area contributed by atoms with Gasteiger partial charge < -0.3 is 24.3 Å². The average molecular weight is 556 g/mol. The second-order valence-corrected chi connectivity index (χ2v) is 12.0. The van der Waals surface area contributed by atoms with Crippen LogP contribution in [0, 0.1) is 17.2 Å². The molecule has 9 heteroatoms. The highest BCUT2D eigenvalue weighted by molar-refractivity contribution is 5.87. The van der Waals surface area contributed by atoms with Crippen LogP contribution in [0.25, 0.3) is 0 Å². The molecule has 0 saturated carbocycles. The van der Waals surface area contributed by atoms with Crippen molar-refractivity contribution in [2.45, 2.75) is 57.0 Å². The molecule has 3 aliphatic heterocycles. The molecule has 216 valence electrons. The largest absolute Gasteiger partial charge is 0.463 e. The zero-order chi connectivity index (χ0) is 28.3. The molecule has 1 aromatic carbocycles. The molecular formula is C32H41N7O2. The van der Waals surface area contributed by atoms with Crippen LogP contribution in [0.1, 0.15) is 42.5 Å². The van der Waals surface area contributed by atoms with Gasteiger partial charge in [0.2, 0.25) is 5.91 Å². The topological polar surface area (TPSA) is 88.8 Å². The second kappa shape index (κ2) is 12.1. The monoisotopic (exact) mass is 555 g/mol. The number of aromatic nitrogens is 2. The number of hydrogen-bond donors (Lipinski definition) is 0. The summed E-state index contributed by atoms with van der Waals surface area (Å²) < 4.78 is 6.30. The third kappa shape index (κ3) is 5.76. The Morgan fingerprint density at radius 2 is 2.02 bits per heavy atom. The van der Waals surface area contributed by atoms with Gasteiger partial charge in [0.1, 0.15) is 5.82 Å². The number of carbonyl (C=O) groups is 1. The van der Waals surface area contributed by atoms with Crippen molar-refractivity contribution in [1.29, 1.82) is 5.26 Å². The molecule has 41 heavy (non-hydrogen) atoms. The zero-order valence-electron chi connectivity index (χ0n) is 24.2. The van der Waals surface area contributed by atoms with E-state index in [2.05, 4.69) is 58.7 Å². The number of aryl methyl sites for hydroxylation is 1. The normalized spacial score (nSPS) is 24.4. The van der Waals surface area contributed by atoms with Crippen LogP contribution in [0.2, 0.25) is 0 Å². The number of anilines is 2. The van der Waals surface area contributed by atoms with E-state index in [1.807, 2.05) is 0 Å². The van der Waals surface area contributed by atoms with Gasteiger partial charge in [-0.2, -0.15) is 15.2 Å². The molecule has 0 spiro atoms. The van der Waals surface area contributed by atoms with Gasteiger partial charge in [-0.3, -0.25) is 4.79 Å². The highest BCUT2D eigenvalue weighted by Gasteiger charge is 2.35. The van der Waals surface area contributed by atoms with Crippen molar-refractivity contribution >= 4 is 17.4 Å². The Bertz CT molecular complexity index is 1320. The van der Waals surface area contributed by atoms with Gasteiger partial charge in [0, 0.05) is 62.4 Å². The predicted octanol–water partition coefficient (Wildman–Crippen LogP) is 3.23. The van der Waals surface area contributed by atoms with Gasteiger partial charge in [-0.15, -0.1) is 0 Å². The molecule has 4 aliphatic rings. The number of benzene rings is 1. The zero-order valence-corrected chi connectivity index (χ0v) is 24.2. The Hall–Kier alpha value is -3.64. The van der Waals surface area contributed by atoms with E-state index in [4.69, 9.17) is 14.7 Å². The van der Waals surface area contributed by atoms with E-state index in [0.717, 1.165) is 63.3 Å². The summed E-state index contributed by atoms with van der Waals surface area (Å²) >= 11 is 0. The number of likely N-dealkylation sites (tertiary alicyclic amines) is 1. The van der Waals surface area contributed by atoms with Crippen LogP contribution in [0.15, 0.2) is 36.9 Å².